The van der Waals surface area contributed by atoms with E-state index in [1.165, 1.54) is 6.33 Å². The van der Waals surface area contributed by atoms with Gasteiger partial charge in [-0.2, -0.15) is 0 Å². The Morgan fingerprint density at radius 2 is 2.19 bits per heavy atom. The van der Waals surface area contributed by atoms with Crippen molar-refractivity contribution in [1.29, 1.82) is 0 Å². The topological polar surface area (TPSA) is 84.3 Å². The van der Waals surface area contributed by atoms with Crippen LogP contribution in [0.5, 0.6) is 5.88 Å². The van der Waals surface area contributed by atoms with Crippen LogP contribution in [0.15, 0.2) is 12.4 Å². The van der Waals surface area contributed by atoms with Gasteiger partial charge in [-0.05, 0) is 19.3 Å². The second-order valence-electron chi connectivity index (χ2n) is 5.42. The van der Waals surface area contributed by atoms with Gasteiger partial charge in [0.25, 0.3) is 0 Å². The number of aliphatic carboxylic acids is 1. The first-order valence-corrected chi connectivity index (χ1v) is 7.65. The number of aromatic nitrogens is 2. The molecular formula is C15H23N3O3. The van der Waals surface area contributed by atoms with E-state index in [-0.39, 0.29) is 12.0 Å². The standard InChI is InChI=1S/C15H23N3O3/c1-2-8-21-14-9-13(16-10-17-14)18-12-7-5-3-4-6-11(12)15(19)20/h9-12H,2-8H2,1H3,(H,19,20)(H,16,17,18). The van der Waals surface area contributed by atoms with Crippen molar-refractivity contribution in [2.24, 2.45) is 5.92 Å². The predicted molar refractivity (Wildman–Crippen MR) is 79.4 cm³/mol. The number of carboxylic acids is 1. The number of hydrogen-bond donors (Lipinski definition) is 2. The average Bonchev–Trinajstić information content (AvgIpc) is 2.71. The average molecular weight is 293 g/mol. The van der Waals surface area contributed by atoms with Gasteiger partial charge in [-0.1, -0.05) is 26.2 Å². The molecule has 21 heavy (non-hydrogen) atoms. The van der Waals surface area contributed by atoms with Gasteiger partial charge in [0.2, 0.25) is 5.88 Å². The van der Waals surface area contributed by atoms with E-state index >= 15 is 0 Å². The fourth-order valence-corrected chi connectivity index (χ4v) is 2.67. The molecule has 1 aliphatic carbocycles. The molecule has 0 saturated heterocycles. The lowest BCUT2D eigenvalue weighted by molar-refractivity contribution is -0.142. The third-order valence-corrected chi connectivity index (χ3v) is 3.76. The minimum absolute atomic E-state index is 0.0843. The van der Waals surface area contributed by atoms with Gasteiger partial charge in [-0.3, -0.25) is 4.79 Å². The zero-order chi connectivity index (χ0) is 15.1. The summed E-state index contributed by atoms with van der Waals surface area (Å²) >= 11 is 0. The summed E-state index contributed by atoms with van der Waals surface area (Å²) in [4.78, 5) is 19.6. The third-order valence-electron chi connectivity index (χ3n) is 3.76. The maximum absolute atomic E-state index is 11.4. The molecule has 2 atom stereocenters. The monoisotopic (exact) mass is 293 g/mol. The molecule has 1 aromatic rings. The van der Waals surface area contributed by atoms with E-state index in [1.807, 2.05) is 6.92 Å². The highest BCUT2D eigenvalue weighted by atomic mass is 16.5. The van der Waals surface area contributed by atoms with Crippen molar-refractivity contribution < 1.29 is 14.6 Å². The van der Waals surface area contributed by atoms with Crippen LogP contribution in [0.3, 0.4) is 0 Å². The summed E-state index contributed by atoms with van der Waals surface area (Å²) in [5.41, 5.74) is 0. The Hall–Kier alpha value is -1.85. The lowest BCUT2D eigenvalue weighted by atomic mass is 9.95. The molecule has 6 nitrogen and oxygen atoms in total. The van der Waals surface area contributed by atoms with E-state index < -0.39 is 5.97 Å². The second-order valence-corrected chi connectivity index (χ2v) is 5.42. The Balaban J connectivity index is 2.05. The number of anilines is 1. The van der Waals surface area contributed by atoms with Crippen LogP contribution < -0.4 is 10.1 Å². The zero-order valence-corrected chi connectivity index (χ0v) is 12.4. The molecule has 0 radical (unpaired) electrons. The molecule has 2 rings (SSSR count). The molecule has 1 aliphatic rings. The van der Waals surface area contributed by atoms with Crippen LogP contribution in [0, 0.1) is 5.92 Å². The summed E-state index contributed by atoms with van der Waals surface area (Å²) in [6.45, 7) is 2.64. The molecule has 0 spiro atoms. The first-order chi connectivity index (χ1) is 10.2. The molecule has 2 N–H and O–H groups in total. The van der Waals surface area contributed by atoms with E-state index in [0.29, 0.717) is 18.3 Å². The highest BCUT2D eigenvalue weighted by molar-refractivity contribution is 5.71. The molecule has 0 amide bonds. The number of nitrogens with zero attached hydrogens (tertiary/aromatic N) is 2. The summed E-state index contributed by atoms with van der Waals surface area (Å²) < 4.78 is 5.48. The third kappa shape index (κ3) is 4.58. The molecule has 1 fully saturated rings. The highest BCUT2D eigenvalue weighted by Crippen LogP contribution is 2.26. The Morgan fingerprint density at radius 1 is 1.38 bits per heavy atom. The first kappa shape index (κ1) is 15.5. The SMILES string of the molecule is CCCOc1cc(NC2CCCCCC2C(=O)O)ncn1. The molecule has 0 bridgehead atoms. The fraction of sp³-hybridized carbons (Fsp3) is 0.667. The normalized spacial score (nSPS) is 22.3. The van der Waals surface area contributed by atoms with E-state index in [1.54, 1.807) is 6.07 Å². The van der Waals surface area contributed by atoms with Crippen LogP contribution >= 0.6 is 0 Å². The van der Waals surface area contributed by atoms with Crippen LogP contribution in [-0.4, -0.2) is 33.7 Å². The van der Waals surface area contributed by atoms with Crippen molar-refractivity contribution in [1.82, 2.24) is 9.97 Å². The van der Waals surface area contributed by atoms with E-state index in [4.69, 9.17) is 4.74 Å². The van der Waals surface area contributed by atoms with Crippen LogP contribution in [0.2, 0.25) is 0 Å². The quantitative estimate of drug-likeness (QED) is 0.784. The number of hydrogen-bond acceptors (Lipinski definition) is 5. The summed E-state index contributed by atoms with van der Waals surface area (Å²) in [5.74, 6) is 0.0671. The van der Waals surface area contributed by atoms with Gasteiger partial charge >= 0.3 is 5.97 Å². The minimum Gasteiger partial charge on any atom is -0.481 e. The molecule has 1 heterocycles. The van der Waals surface area contributed by atoms with Crippen LogP contribution in [0.1, 0.15) is 45.4 Å². The highest BCUT2D eigenvalue weighted by Gasteiger charge is 2.29. The zero-order valence-electron chi connectivity index (χ0n) is 12.4. The Bertz CT molecular complexity index is 467. The Morgan fingerprint density at radius 3 is 2.95 bits per heavy atom. The fourth-order valence-electron chi connectivity index (χ4n) is 2.67. The van der Waals surface area contributed by atoms with Gasteiger partial charge in [0.1, 0.15) is 12.1 Å². The molecule has 2 unspecified atom stereocenters. The van der Waals surface area contributed by atoms with Crippen molar-refractivity contribution >= 4 is 11.8 Å². The second kappa shape index (κ2) is 7.81. The van der Waals surface area contributed by atoms with Crippen molar-refractivity contribution in [3.8, 4) is 5.88 Å². The molecular weight excluding hydrogens is 270 g/mol. The number of carboxylic acid groups (broad SMARTS) is 1. The van der Waals surface area contributed by atoms with Crippen molar-refractivity contribution in [2.75, 3.05) is 11.9 Å². The van der Waals surface area contributed by atoms with E-state index in [9.17, 15) is 9.90 Å². The maximum atomic E-state index is 11.4. The van der Waals surface area contributed by atoms with Crippen molar-refractivity contribution in [2.45, 2.75) is 51.5 Å². The number of carbonyl (C=O) groups is 1. The summed E-state index contributed by atoms with van der Waals surface area (Å²) in [6.07, 6.45) is 7.05. The Kier molecular flexibility index (Phi) is 5.78. The summed E-state index contributed by atoms with van der Waals surface area (Å²) in [5, 5.41) is 12.6. The van der Waals surface area contributed by atoms with Gasteiger partial charge in [0, 0.05) is 12.1 Å². The smallest absolute Gasteiger partial charge is 0.308 e. The lowest BCUT2D eigenvalue weighted by Gasteiger charge is -2.23. The first-order valence-electron chi connectivity index (χ1n) is 7.65. The largest absolute Gasteiger partial charge is 0.481 e. The van der Waals surface area contributed by atoms with Gasteiger partial charge < -0.3 is 15.2 Å². The molecule has 6 heteroatoms. The van der Waals surface area contributed by atoms with Gasteiger partial charge in [0.15, 0.2) is 0 Å². The maximum Gasteiger partial charge on any atom is 0.308 e. The molecule has 116 valence electrons. The molecule has 0 aromatic carbocycles. The van der Waals surface area contributed by atoms with E-state index in [2.05, 4.69) is 15.3 Å². The van der Waals surface area contributed by atoms with Gasteiger partial charge in [0.05, 0.1) is 12.5 Å². The van der Waals surface area contributed by atoms with Crippen LogP contribution in [0.25, 0.3) is 0 Å². The minimum atomic E-state index is -0.731. The Labute approximate surface area is 124 Å². The molecule has 1 saturated carbocycles. The summed E-state index contributed by atoms with van der Waals surface area (Å²) in [6, 6.07) is 1.65. The summed E-state index contributed by atoms with van der Waals surface area (Å²) in [7, 11) is 0. The molecule has 1 aromatic heterocycles. The van der Waals surface area contributed by atoms with Crippen molar-refractivity contribution in [3.63, 3.8) is 0 Å². The van der Waals surface area contributed by atoms with Crippen LogP contribution in [0.4, 0.5) is 5.82 Å². The van der Waals surface area contributed by atoms with Gasteiger partial charge in [-0.25, -0.2) is 9.97 Å². The molecule has 0 aliphatic heterocycles. The number of nitrogens with one attached hydrogen (secondary N) is 1. The number of rotatable bonds is 6. The van der Waals surface area contributed by atoms with Crippen molar-refractivity contribution in [3.05, 3.63) is 12.4 Å². The van der Waals surface area contributed by atoms with Gasteiger partial charge in [-0.15, -0.1) is 0 Å². The lowest BCUT2D eigenvalue weighted by Crippen LogP contribution is -2.34. The number of ether oxygens (including phenoxy) is 1. The van der Waals surface area contributed by atoms with E-state index in [0.717, 1.165) is 38.5 Å². The van der Waals surface area contributed by atoms with Crippen LogP contribution in [-0.2, 0) is 4.79 Å². The predicted octanol–water partition coefficient (Wildman–Crippen LogP) is 2.71.